The Balaban J connectivity index is 2.13. The van der Waals surface area contributed by atoms with Gasteiger partial charge in [0.15, 0.2) is 12.1 Å². The number of oxazole rings is 1. The number of hydrogen-bond donors (Lipinski definition) is 2. The summed E-state index contributed by atoms with van der Waals surface area (Å²) < 4.78 is 5.04. The first kappa shape index (κ1) is 19.9. The fourth-order valence-electron chi connectivity index (χ4n) is 3.21. The SMILES string of the molecule is CCN(CC)C(=O)[C@@H]1C[C@@H](NC(=O)c2ncoc2C)CN1C(=O)CCO. The van der Waals surface area contributed by atoms with Gasteiger partial charge in [-0.15, -0.1) is 0 Å². The Morgan fingerprint density at radius 3 is 2.62 bits per heavy atom. The van der Waals surface area contributed by atoms with Crippen LogP contribution in [0.2, 0.25) is 0 Å². The molecule has 9 nitrogen and oxygen atoms in total. The summed E-state index contributed by atoms with van der Waals surface area (Å²) in [5, 5.41) is 11.9. The second-order valence-electron chi connectivity index (χ2n) is 6.21. The number of likely N-dealkylation sites (tertiary alicyclic amines) is 1. The molecular weight excluding hydrogens is 340 g/mol. The zero-order valence-corrected chi connectivity index (χ0v) is 15.4. The molecule has 1 saturated heterocycles. The van der Waals surface area contributed by atoms with E-state index in [2.05, 4.69) is 10.3 Å². The normalized spacial score (nSPS) is 19.5. The summed E-state index contributed by atoms with van der Waals surface area (Å²) in [7, 11) is 0. The van der Waals surface area contributed by atoms with Crippen molar-refractivity contribution < 1.29 is 23.9 Å². The maximum atomic E-state index is 12.8. The number of rotatable bonds is 7. The summed E-state index contributed by atoms with van der Waals surface area (Å²) in [6, 6.07) is -1.01. The largest absolute Gasteiger partial charge is 0.448 e. The van der Waals surface area contributed by atoms with Crippen molar-refractivity contribution in [2.24, 2.45) is 0 Å². The van der Waals surface area contributed by atoms with Gasteiger partial charge in [-0.05, 0) is 27.2 Å². The van der Waals surface area contributed by atoms with Crippen LogP contribution in [0.1, 0.15) is 42.9 Å². The standard InChI is InChI=1S/C17H26N4O5/c1-4-20(5-2)17(25)13-8-12(9-21(13)14(23)6-7-22)19-16(24)15-11(3)26-10-18-15/h10,12-13,22H,4-9H2,1-3H3,(H,19,24)/t12-,13+/m1/s1. The van der Waals surface area contributed by atoms with Crippen molar-refractivity contribution in [1.82, 2.24) is 20.1 Å². The molecule has 2 heterocycles. The molecule has 1 fully saturated rings. The van der Waals surface area contributed by atoms with Gasteiger partial charge in [0.25, 0.3) is 5.91 Å². The number of aliphatic hydroxyl groups excluding tert-OH is 1. The van der Waals surface area contributed by atoms with Gasteiger partial charge in [-0.2, -0.15) is 0 Å². The third-order valence-electron chi connectivity index (χ3n) is 4.60. The van der Waals surface area contributed by atoms with Gasteiger partial charge in [0.05, 0.1) is 6.61 Å². The van der Waals surface area contributed by atoms with Crippen LogP contribution >= 0.6 is 0 Å². The van der Waals surface area contributed by atoms with E-state index in [1.54, 1.807) is 11.8 Å². The van der Waals surface area contributed by atoms with Gasteiger partial charge in [-0.25, -0.2) is 4.98 Å². The van der Waals surface area contributed by atoms with Crippen molar-refractivity contribution in [1.29, 1.82) is 0 Å². The molecule has 1 aromatic rings. The van der Waals surface area contributed by atoms with E-state index in [-0.39, 0.29) is 43.1 Å². The third-order valence-corrected chi connectivity index (χ3v) is 4.60. The molecule has 1 aromatic heterocycles. The van der Waals surface area contributed by atoms with Gasteiger partial charge < -0.3 is 24.6 Å². The highest BCUT2D eigenvalue weighted by atomic mass is 16.3. The second kappa shape index (κ2) is 8.79. The Bertz CT molecular complexity index is 655. The molecule has 2 N–H and O–H groups in total. The number of nitrogens with zero attached hydrogens (tertiary/aromatic N) is 3. The van der Waals surface area contributed by atoms with Crippen molar-refractivity contribution in [3.05, 3.63) is 17.8 Å². The van der Waals surface area contributed by atoms with Gasteiger partial charge in [0.2, 0.25) is 11.8 Å². The molecule has 1 aliphatic rings. The maximum Gasteiger partial charge on any atom is 0.273 e. The van der Waals surface area contributed by atoms with E-state index < -0.39 is 11.9 Å². The van der Waals surface area contributed by atoms with Crippen LogP contribution in [0.4, 0.5) is 0 Å². The highest BCUT2D eigenvalue weighted by Crippen LogP contribution is 2.22. The molecule has 0 aromatic carbocycles. The molecule has 0 spiro atoms. The van der Waals surface area contributed by atoms with E-state index in [1.165, 1.54) is 11.3 Å². The molecule has 2 atom stereocenters. The van der Waals surface area contributed by atoms with E-state index in [4.69, 9.17) is 9.52 Å². The molecule has 144 valence electrons. The number of aryl methyl sites for hydroxylation is 1. The highest BCUT2D eigenvalue weighted by Gasteiger charge is 2.41. The van der Waals surface area contributed by atoms with Gasteiger partial charge in [-0.1, -0.05) is 0 Å². The summed E-state index contributed by atoms with van der Waals surface area (Å²) in [5.74, 6) is -0.431. The van der Waals surface area contributed by atoms with Gasteiger partial charge >= 0.3 is 0 Å². The van der Waals surface area contributed by atoms with Gasteiger partial charge in [0.1, 0.15) is 11.8 Å². The zero-order valence-electron chi connectivity index (χ0n) is 15.4. The Kier molecular flexibility index (Phi) is 6.73. The molecule has 0 unspecified atom stereocenters. The lowest BCUT2D eigenvalue weighted by Gasteiger charge is -2.28. The minimum atomic E-state index is -0.641. The van der Waals surface area contributed by atoms with Crippen LogP contribution < -0.4 is 5.32 Å². The first-order chi connectivity index (χ1) is 12.4. The Hall–Kier alpha value is -2.42. The molecule has 26 heavy (non-hydrogen) atoms. The number of aliphatic hydroxyl groups is 1. The lowest BCUT2D eigenvalue weighted by molar-refractivity contribution is -0.144. The van der Waals surface area contributed by atoms with E-state index >= 15 is 0 Å². The summed E-state index contributed by atoms with van der Waals surface area (Å²) in [6.07, 6.45) is 1.48. The third kappa shape index (κ3) is 4.21. The highest BCUT2D eigenvalue weighted by molar-refractivity contribution is 5.94. The molecule has 2 rings (SSSR count). The second-order valence-corrected chi connectivity index (χ2v) is 6.21. The first-order valence-corrected chi connectivity index (χ1v) is 8.82. The Labute approximate surface area is 152 Å². The van der Waals surface area contributed by atoms with Crippen LogP contribution in [0, 0.1) is 6.92 Å². The molecule has 3 amide bonds. The van der Waals surface area contributed by atoms with Crippen LogP contribution in [0.15, 0.2) is 10.8 Å². The number of likely N-dealkylation sites (N-methyl/N-ethyl adjacent to an activating group) is 1. The maximum absolute atomic E-state index is 12.8. The van der Waals surface area contributed by atoms with Crippen molar-refractivity contribution in [3.63, 3.8) is 0 Å². The monoisotopic (exact) mass is 366 g/mol. The summed E-state index contributed by atoms with van der Waals surface area (Å²) in [6.45, 7) is 6.42. The van der Waals surface area contributed by atoms with E-state index in [0.717, 1.165) is 0 Å². The number of nitrogens with one attached hydrogen (secondary N) is 1. The summed E-state index contributed by atoms with van der Waals surface area (Å²) in [4.78, 5) is 44.4. The van der Waals surface area contributed by atoms with Crippen molar-refractivity contribution in [2.75, 3.05) is 26.2 Å². The number of carbonyl (C=O) groups is 3. The van der Waals surface area contributed by atoms with Crippen LogP contribution in [0.5, 0.6) is 0 Å². The molecule has 0 bridgehead atoms. The van der Waals surface area contributed by atoms with Crippen LogP contribution in [-0.2, 0) is 9.59 Å². The number of hydrogen-bond acceptors (Lipinski definition) is 6. The first-order valence-electron chi connectivity index (χ1n) is 8.82. The lowest BCUT2D eigenvalue weighted by atomic mass is 10.1. The summed E-state index contributed by atoms with van der Waals surface area (Å²) >= 11 is 0. The Morgan fingerprint density at radius 1 is 1.38 bits per heavy atom. The summed E-state index contributed by atoms with van der Waals surface area (Å²) in [5.41, 5.74) is 0.191. The molecule has 0 saturated carbocycles. The Morgan fingerprint density at radius 2 is 2.08 bits per heavy atom. The van der Waals surface area contributed by atoms with Crippen LogP contribution in [0.3, 0.4) is 0 Å². The predicted octanol–water partition coefficient (Wildman–Crippen LogP) is -0.0669. The topological polar surface area (TPSA) is 116 Å². The molecule has 1 aliphatic heterocycles. The molecule has 0 radical (unpaired) electrons. The number of amides is 3. The number of carbonyl (C=O) groups excluding carboxylic acids is 3. The number of aromatic nitrogens is 1. The minimum Gasteiger partial charge on any atom is -0.448 e. The molecular formula is C17H26N4O5. The van der Waals surface area contributed by atoms with Crippen molar-refractivity contribution in [2.45, 2.75) is 45.7 Å². The minimum absolute atomic E-state index is 0.0505. The van der Waals surface area contributed by atoms with E-state index in [0.29, 0.717) is 25.3 Å². The van der Waals surface area contributed by atoms with Crippen molar-refractivity contribution >= 4 is 17.7 Å². The van der Waals surface area contributed by atoms with E-state index in [9.17, 15) is 14.4 Å². The van der Waals surface area contributed by atoms with Crippen LogP contribution in [-0.4, -0.2) is 75.9 Å². The predicted molar refractivity (Wildman–Crippen MR) is 92.2 cm³/mol. The fraction of sp³-hybridized carbons (Fsp3) is 0.647. The average molecular weight is 366 g/mol. The quantitative estimate of drug-likeness (QED) is 0.698. The van der Waals surface area contributed by atoms with E-state index in [1.807, 2.05) is 13.8 Å². The smallest absolute Gasteiger partial charge is 0.273 e. The average Bonchev–Trinajstić information content (AvgIpc) is 3.22. The van der Waals surface area contributed by atoms with Gasteiger partial charge in [-0.3, -0.25) is 14.4 Å². The molecule has 9 heteroatoms. The van der Waals surface area contributed by atoms with Crippen molar-refractivity contribution in [3.8, 4) is 0 Å². The fourth-order valence-corrected chi connectivity index (χ4v) is 3.21. The lowest BCUT2D eigenvalue weighted by Crippen LogP contribution is -2.47. The van der Waals surface area contributed by atoms with Crippen LogP contribution in [0.25, 0.3) is 0 Å². The zero-order chi connectivity index (χ0) is 19.3. The van der Waals surface area contributed by atoms with Gasteiger partial charge in [0, 0.05) is 32.1 Å². The molecule has 0 aliphatic carbocycles.